The van der Waals surface area contributed by atoms with Crippen molar-refractivity contribution in [3.05, 3.63) is 64.6 Å². The Morgan fingerprint density at radius 3 is 2.55 bits per heavy atom. The van der Waals surface area contributed by atoms with Gasteiger partial charge in [0, 0.05) is 48.2 Å². The zero-order chi connectivity index (χ0) is 29.3. The zero-order valence-electron chi connectivity index (χ0n) is 24.0. The average molecular weight is 579 g/mol. The number of benzene rings is 2. The Labute approximate surface area is 245 Å². The second-order valence-electron chi connectivity index (χ2n) is 11.8. The first-order valence-electron chi connectivity index (χ1n) is 15.0. The van der Waals surface area contributed by atoms with E-state index in [1.807, 2.05) is 11.0 Å². The number of fused-ring (bicyclic) bond motifs is 2. The molecule has 0 N–H and O–H groups in total. The summed E-state index contributed by atoms with van der Waals surface area (Å²) < 4.78 is 48.7. The van der Waals surface area contributed by atoms with E-state index in [2.05, 4.69) is 21.7 Å². The Hall–Kier alpha value is -3.58. The fourth-order valence-electron chi connectivity index (χ4n) is 6.84. The minimum atomic E-state index is -4.46. The molecule has 2 atom stereocenters. The molecule has 0 aliphatic carbocycles. The lowest BCUT2D eigenvalue weighted by atomic mass is 9.97. The monoisotopic (exact) mass is 578 g/mol. The smallest absolute Gasteiger partial charge is 0.417 e. The zero-order valence-corrected chi connectivity index (χ0v) is 24.0. The van der Waals surface area contributed by atoms with Crippen LogP contribution in [-0.2, 0) is 19.1 Å². The fraction of sp³-hybridized carbons (Fsp3) is 0.531. The molecule has 2 saturated heterocycles. The maximum atomic E-state index is 14.1. The second kappa shape index (κ2) is 12.0. The van der Waals surface area contributed by atoms with Crippen molar-refractivity contribution in [2.45, 2.75) is 57.3 Å². The minimum Gasteiger partial charge on any atom is -0.462 e. The Morgan fingerprint density at radius 1 is 1.00 bits per heavy atom. The highest BCUT2D eigenvalue weighted by Crippen LogP contribution is 2.41. The molecule has 222 valence electrons. The molecule has 0 radical (unpaired) electrons. The van der Waals surface area contributed by atoms with E-state index in [4.69, 9.17) is 21.3 Å². The molecule has 6 rings (SSSR count). The number of ether oxygens (including phenoxy) is 1. The molecular weight excluding hydrogens is 541 g/mol. The molecular formula is C32H37F3N6O. The highest BCUT2D eigenvalue weighted by molar-refractivity contribution is 5.97. The first-order valence-corrected chi connectivity index (χ1v) is 15.0. The third kappa shape index (κ3) is 5.84. The largest absolute Gasteiger partial charge is 0.462 e. The molecule has 10 heteroatoms. The number of likely N-dealkylation sites (N-methyl/N-ethyl adjacent to an activating group) is 1. The van der Waals surface area contributed by atoms with Crippen LogP contribution in [0.25, 0.3) is 15.6 Å². The number of anilines is 2. The van der Waals surface area contributed by atoms with Crippen LogP contribution in [0.1, 0.15) is 48.9 Å². The van der Waals surface area contributed by atoms with Gasteiger partial charge >= 0.3 is 12.2 Å². The number of piperidine rings is 1. The standard InChI is InChI=1S/C32H37F3N6O/c1-36-18-22-8-5-17-41(19-22)30-25-12-7-16-40(20-27(25)37-31(38-30)42-21-24-11-6-15-39(24)2)28-14-4-10-23-9-3-13-26(29(23)28)32(33,34)35/h3-4,9-10,13-14,22,24H,5-8,11-12,15-21H2,2H3/t22-,24-/m0/s1. The Kier molecular flexibility index (Phi) is 8.13. The number of nitrogens with zero attached hydrogens (tertiary/aromatic N) is 6. The molecule has 3 aliphatic heterocycles. The summed E-state index contributed by atoms with van der Waals surface area (Å²) in [6.45, 7) is 12.0. The van der Waals surface area contributed by atoms with Gasteiger partial charge in [-0.3, -0.25) is 0 Å². The minimum absolute atomic E-state index is 0.226. The third-order valence-corrected chi connectivity index (χ3v) is 9.02. The number of rotatable bonds is 6. The topological polar surface area (TPSA) is 49.1 Å². The van der Waals surface area contributed by atoms with Crippen LogP contribution in [0.2, 0.25) is 0 Å². The van der Waals surface area contributed by atoms with E-state index in [-0.39, 0.29) is 11.3 Å². The Balaban J connectivity index is 1.39. The van der Waals surface area contributed by atoms with Gasteiger partial charge in [0.05, 0.1) is 17.8 Å². The van der Waals surface area contributed by atoms with Gasteiger partial charge in [-0.1, -0.05) is 24.3 Å². The molecule has 1 aromatic heterocycles. The van der Waals surface area contributed by atoms with Gasteiger partial charge in [-0.05, 0) is 69.6 Å². The summed E-state index contributed by atoms with van der Waals surface area (Å²) in [5, 5.41) is 0.794. The predicted molar refractivity (Wildman–Crippen MR) is 158 cm³/mol. The van der Waals surface area contributed by atoms with E-state index in [0.717, 1.165) is 75.2 Å². The van der Waals surface area contributed by atoms with Gasteiger partial charge in [-0.2, -0.15) is 23.1 Å². The van der Waals surface area contributed by atoms with Crippen LogP contribution in [0.5, 0.6) is 6.01 Å². The van der Waals surface area contributed by atoms with Crippen molar-refractivity contribution in [3.63, 3.8) is 0 Å². The van der Waals surface area contributed by atoms with Crippen molar-refractivity contribution in [1.29, 1.82) is 0 Å². The van der Waals surface area contributed by atoms with Crippen molar-refractivity contribution >= 4 is 22.3 Å². The van der Waals surface area contributed by atoms with E-state index in [1.54, 1.807) is 18.2 Å². The predicted octanol–water partition coefficient (Wildman–Crippen LogP) is 6.21. The molecule has 2 fully saturated rings. The SMILES string of the molecule is [C-]#[N+]C[C@@H]1CCCN(c2nc(OC[C@@H]3CCCN3C)nc3c2CCCN(c2cccc4cccc(C(F)(F)F)c24)C3)C1. The summed E-state index contributed by atoms with van der Waals surface area (Å²) in [5.41, 5.74) is 1.80. The summed E-state index contributed by atoms with van der Waals surface area (Å²) in [6, 6.07) is 10.4. The number of aromatic nitrogens is 2. The van der Waals surface area contributed by atoms with E-state index < -0.39 is 11.7 Å². The van der Waals surface area contributed by atoms with Crippen LogP contribution in [0.3, 0.4) is 0 Å². The molecule has 42 heavy (non-hydrogen) atoms. The molecule has 0 unspecified atom stereocenters. The van der Waals surface area contributed by atoms with Crippen LogP contribution >= 0.6 is 0 Å². The summed E-state index contributed by atoms with van der Waals surface area (Å²) >= 11 is 0. The number of hydrogen-bond donors (Lipinski definition) is 0. The highest BCUT2D eigenvalue weighted by Gasteiger charge is 2.35. The van der Waals surface area contributed by atoms with Gasteiger partial charge < -0.3 is 24.3 Å². The summed E-state index contributed by atoms with van der Waals surface area (Å²) in [6.07, 6.45) is 1.25. The van der Waals surface area contributed by atoms with Crippen molar-refractivity contribution in [1.82, 2.24) is 14.9 Å². The van der Waals surface area contributed by atoms with Gasteiger partial charge in [0.25, 0.3) is 0 Å². The van der Waals surface area contributed by atoms with Crippen LogP contribution in [-0.4, -0.2) is 67.3 Å². The summed E-state index contributed by atoms with van der Waals surface area (Å²) in [5.74, 6) is 1.15. The van der Waals surface area contributed by atoms with Crippen LogP contribution in [0.4, 0.5) is 24.7 Å². The van der Waals surface area contributed by atoms with Gasteiger partial charge in [0.2, 0.25) is 6.54 Å². The van der Waals surface area contributed by atoms with Crippen LogP contribution in [0, 0.1) is 12.5 Å². The van der Waals surface area contributed by atoms with Gasteiger partial charge in [0.15, 0.2) is 0 Å². The van der Waals surface area contributed by atoms with Crippen molar-refractivity contribution < 1.29 is 17.9 Å². The maximum Gasteiger partial charge on any atom is 0.417 e. The molecule has 0 bridgehead atoms. The number of likely N-dealkylation sites (tertiary alicyclic amines) is 1. The van der Waals surface area contributed by atoms with Crippen molar-refractivity contribution in [2.75, 3.05) is 56.2 Å². The molecule has 7 nitrogen and oxygen atoms in total. The number of halogens is 3. The molecule has 0 spiro atoms. The van der Waals surface area contributed by atoms with Crippen LogP contribution < -0.4 is 14.5 Å². The lowest BCUT2D eigenvalue weighted by Crippen LogP contribution is -2.38. The summed E-state index contributed by atoms with van der Waals surface area (Å²) in [7, 11) is 2.10. The van der Waals surface area contributed by atoms with E-state index in [1.165, 1.54) is 12.1 Å². The first kappa shape index (κ1) is 28.5. The van der Waals surface area contributed by atoms with Crippen LogP contribution in [0.15, 0.2) is 36.4 Å². The highest BCUT2D eigenvalue weighted by atomic mass is 19.4. The lowest BCUT2D eigenvalue weighted by Gasteiger charge is -2.33. The summed E-state index contributed by atoms with van der Waals surface area (Å²) in [4.78, 5) is 20.1. The Bertz CT molecular complexity index is 1470. The van der Waals surface area contributed by atoms with E-state index in [9.17, 15) is 13.2 Å². The van der Waals surface area contributed by atoms with Gasteiger partial charge in [-0.15, -0.1) is 0 Å². The van der Waals surface area contributed by atoms with Gasteiger partial charge in [-0.25, -0.2) is 6.57 Å². The molecule has 3 aliphatic rings. The van der Waals surface area contributed by atoms with E-state index >= 15 is 0 Å². The average Bonchev–Trinajstić information content (AvgIpc) is 3.27. The number of alkyl halides is 3. The quantitative estimate of drug-likeness (QED) is 0.324. The maximum absolute atomic E-state index is 14.1. The molecule has 3 aromatic rings. The lowest BCUT2D eigenvalue weighted by molar-refractivity contribution is -0.136. The third-order valence-electron chi connectivity index (χ3n) is 9.02. The first-order chi connectivity index (χ1) is 20.3. The van der Waals surface area contributed by atoms with E-state index in [0.29, 0.717) is 49.4 Å². The normalized spacial score (nSPS) is 21.7. The van der Waals surface area contributed by atoms with Crippen molar-refractivity contribution in [2.24, 2.45) is 5.92 Å². The second-order valence-corrected chi connectivity index (χ2v) is 11.8. The van der Waals surface area contributed by atoms with Gasteiger partial charge in [0.1, 0.15) is 12.4 Å². The Morgan fingerprint density at radius 2 is 1.79 bits per heavy atom. The number of hydrogen-bond acceptors (Lipinski definition) is 6. The molecule has 4 heterocycles. The molecule has 0 amide bonds. The fourth-order valence-corrected chi connectivity index (χ4v) is 6.84. The van der Waals surface area contributed by atoms with Crippen molar-refractivity contribution in [3.8, 4) is 6.01 Å². The molecule has 2 aromatic carbocycles. The molecule has 0 saturated carbocycles.